The molecule has 1 unspecified atom stereocenters. The maximum Gasteiger partial charge on any atom is 0.288 e. The molecule has 0 aromatic heterocycles. The van der Waals surface area contributed by atoms with Crippen LogP contribution in [0.1, 0.15) is 5.56 Å². The Kier molecular flexibility index (Phi) is 6.76. The van der Waals surface area contributed by atoms with Crippen molar-refractivity contribution < 1.29 is 14.5 Å². The summed E-state index contributed by atoms with van der Waals surface area (Å²) in [6.45, 7) is 5.11. The van der Waals surface area contributed by atoms with E-state index >= 15 is 0 Å². The van der Waals surface area contributed by atoms with E-state index in [2.05, 4.69) is 21.6 Å². The van der Waals surface area contributed by atoms with Gasteiger partial charge in [-0.05, 0) is 17.3 Å². The Hall–Kier alpha value is -1.08. The second-order valence-corrected chi connectivity index (χ2v) is 8.47. The summed E-state index contributed by atoms with van der Waals surface area (Å²) in [6, 6.07) is 10.3. The van der Waals surface area contributed by atoms with Crippen LogP contribution in [0, 0.1) is 0 Å². The van der Waals surface area contributed by atoms with Gasteiger partial charge in [-0.25, -0.2) is 4.58 Å². The van der Waals surface area contributed by atoms with Gasteiger partial charge in [-0.2, -0.15) is 0 Å². The van der Waals surface area contributed by atoms with Gasteiger partial charge in [-0.3, -0.25) is 9.69 Å². The van der Waals surface area contributed by atoms with E-state index in [-0.39, 0.29) is 17.2 Å². The first kappa shape index (κ1) is 18.7. The van der Waals surface area contributed by atoms with Crippen LogP contribution in [-0.4, -0.2) is 87.6 Å². The molecule has 1 aromatic carbocycles. The van der Waals surface area contributed by atoms with Crippen LogP contribution in [0.3, 0.4) is 0 Å². The highest BCUT2D eigenvalue weighted by Gasteiger charge is 2.33. The van der Waals surface area contributed by atoms with E-state index in [1.165, 1.54) is 10.6 Å². The number of aliphatic hydroxyl groups is 1. The number of rotatable bonds is 6. The lowest BCUT2D eigenvalue weighted by Gasteiger charge is -2.33. The van der Waals surface area contributed by atoms with Crippen LogP contribution >= 0.6 is 23.4 Å². The molecule has 1 fully saturated rings. The SMILES string of the molecule is O=C(C[N+]1=C(Cc2ccccc2)SC(Cl)C1)N1CCN(CCO)CC1. The average molecular weight is 383 g/mol. The maximum absolute atomic E-state index is 12.7. The largest absolute Gasteiger partial charge is 0.395 e. The second-order valence-electron chi connectivity index (χ2n) is 6.41. The summed E-state index contributed by atoms with van der Waals surface area (Å²) in [7, 11) is 0. The van der Waals surface area contributed by atoms with Crippen LogP contribution < -0.4 is 0 Å². The number of aliphatic hydroxyl groups excluding tert-OH is 1. The minimum Gasteiger partial charge on any atom is -0.395 e. The van der Waals surface area contributed by atoms with E-state index in [1.54, 1.807) is 11.8 Å². The summed E-state index contributed by atoms with van der Waals surface area (Å²) in [4.78, 5) is 16.8. The lowest BCUT2D eigenvalue weighted by atomic mass is 10.2. The summed E-state index contributed by atoms with van der Waals surface area (Å²) < 4.78 is 2.14. The third kappa shape index (κ3) is 5.20. The monoisotopic (exact) mass is 382 g/mol. The second kappa shape index (κ2) is 9.03. The number of halogens is 1. The Morgan fingerprint density at radius 1 is 1.24 bits per heavy atom. The molecular weight excluding hydrogens is 358 g/mol. The fourth-order valence-corrected chi connectivity index (χ4v) is 4.80. The highest BCUT2D eigenvalue weighted by atomic mass is 35.5. The molecule has 2 aliphatic heterocycles. The van der Waals surface area contributed by atoms with Crippen molar-refractivity contribution in [2.24, 2.45) is 0 Å². The molecule has 1 amide bonds. The first-order valence-corrected chi connectivity index (χ1v) is 10.0. The Morgan fingerprint density at radius 2 is 1.96 bits per heavy atom. The number of benzene rings is 1. The highest BCUT2D eigenvalue weighted by Crippen LogP contribution is 2.26. The number of piperazine rings is 1. The number of thioether (sulfide) groups is 1. The fourth-order valence-electron chi connectivity index (χ4n) is 3.24. The van der Waals surface area contributed by atoms with E-state index in [0.29, 0.717) is 19.6 Å². The topological polar surface area (TPSA) is 46.8 Å². The number of nitrogens with zero attached hydrogens (tertiary/aromatic N) is 3. The summed E-state index contributed by atoms with van der Waals surface area (Å²) >= 11 is 8.00. The van der Waals surface area contributed by atoms with Crippen molar-refractivity contribution in [3.63, 3.8) is 0 Å². The Bertz CT molecular complexity index is 618. The van der Waals surface area contributed by atoms with Gasteiger partial charge in [0.25, 0.3) is 5.91 Å². The van der Waals surface area contributed by atoms with Crippen LogP contribution in [0.5, 0.6) is 0 Å². The summed E-state index contributed by atoms with van der Waals surface area (Å²) in [5.74, 6) is 0.167. The molecule has 0 bridgehead atoms. The van der Waals surface area contributed by atoms with Crippen LogP contribution in [0.15, 0.2) is 30.3 Å². The zero-order chi connectivity index (χ0) is 17.6. The first-order valence-electron chi connectivity index (χ1n) is 8.72. The van der Waals surface area contributed by atoms with Crippen molar-refractivity contribution in [1.29, 1.82) is 0 Å². The van der Waals surface area contributed by atoms with E-state index < -0.39 is 0 Å². The molecule has 25 heavy (non-hydrogen) atoms. The van der Waals surface area contributed by atoms with Crippen LogP contribution in [0.4, 0.5) is 0 Å². The van der Waals surface area contributed by atoms with Gasteiger partial charge < -0.3 is 10.0 Å². The molecule has 136 valence electrons. The third-order valence-corrected chi connectivity index (χ3v) is 6.13. The number of carbonyl (C=O) groups excluding carboxylic acids is 1. The number of hydrogen-bond acceptors (Lipinski definition) is 4. The molecule has 0 spiro atoms. The van der Waals surface area contributed by atoms with Crippen LogP contribution in [0.25, 0.3) is 0 Å². The van der Waals surface area contributed by atoms with Gasteiger partial charge in [0.05, 0.1) is 13.0 Å². The van der Waals surface area contributed by atoms with Gasteiger partial charge in [0.2, 0.25) is 11.6 Å². The maximum atomic E-state index is 12.7. The number of hydrogen-bond donors (Lipinski definition) is 1. The molecular formula is C18H25ClN3O2S+. The van der Waals surface area contributed by atoms with Crippen LogP contribution in [0.2, 0.25) is 0 Å². The van der Waals surface area contributed by atoms with Gasteiger partial charge in [0.1, 0.15) is 4.71 Å². The Balaban J connectivity index is 1.59. The molecule has 1 aromatic rings. The Morgan fingerprint density at radius 3 is 2.64 bits per heavy atom. The van der Waals surface area contributed by atoms with Crippen molar-refractivity contribution in [3.05, 3.63) is 35.9 Å². The number of β-amino-alcohol motifs (C(OH)–C–C–N with tert-alkyl or cyclic N) is 1. The van der Waals surface area contributed by atoms with E-state index in [4.69, 9.17) is 16.7 Å². The van der Waals surface area contributed by atoms with E-state index in [0.717, 1.165) is 32.6 Å². The molecule has 1 N–H and O–H groups in total. The lowest BCUT2D eigenvalue weighted by molar-refractivity contribution is -0.509. The molecule has 1 saturated heterocycles. The van der Waals surface area contributed by atoms with Crippen molar-refractivity contribution in [2.75, 3.05) is 52.4 Å². The van der Waals surface area contributed by atoms with E-state index in [9.17, 15) is 4.79 Å². The molecule has 5 nitrogen and oxygen atoms in total. The molecule has 0 aliphatic carbocycles. The van der Waals surface area contributed by atoms with Gasteiger partial charge in [-0.1, -0.05) is 30.3 Å². The molecule has 2 heterocycles. The van der Waals surface area contributed by atoms with Crippen molar-refractivity contribution in [3.8, 4) is 0 Å². The minimum atomic E-state index is 0.00733. The van der Waals surface area contributed by atoms with Gasteiger partial charge in [0, 0.05) is 32.7 Å². The Labute approximate surface area is 158 Å². The average Bonchev–Trinajstić information content (AvgIpc) is 2.95. The number of alkyl halides is 1. The van der Waals surface area contributed by atoms with Gasteiger partial charge in [-0.15, -0.1) is 11.6 Å². The molecule has 0 radical (unpaired) electrons. The predicted octanol–water partition coefficient (Wildman–Crippen LogP) is 1.09. The number of amides is 1. The summed E-state index contributed by atoms with van der Waals surface area (Å²) in [6.07, 6.45) is 0.826. The van der Waals surface area contributed by atoms with E-state index in [1.807, 2.05) is 23.1 Å². The van der Waals surface area contributed by atoms with Crippen molar-refractivity contribution in [1.82, 2.24) is 9.80 Å². The first-order chi connectivity index (χ1) is 12.2. The lowest BCUT2D eigenvalue weighted by Crippen LogP contribution is -2.51. The zero-order valence-electron chi connectivity index (χ0n) is 14.3. The smallest absolute Gasteiger partial charge is 0.288 e. The van der Waals surface area contributed by atoms with Crippen LogP contribution in [-0.2, 0) is 11.2 Å². The van der Waals surface area contributed by atoms with Crippen molar-refractivity contribution >= 4 is 34.3 Å². The summed E-state index contributed by atoms with van der Waals surface area (Å²) in [5.41, 5.74) is 1.24. The third-order valence-electron chi connectivity index (χ3n) is 4.65. The molecule has 7 heteroatoms. The quantitative estimate of drug-likeness (QED) is 0.591. The molecule has 1 atom stereocenters. The zero-order valence-corrected chi connectivity index (χ0v) is 15.9. The molecule has 0 saturated carbocycles. The minimum absolute atomic E-state index is 0.00733. The normalized spacial score (nSPS) is 21.8. The molecule has 3 rings (SSSR count). The predicted molar refractivity (Wildman–Crippen MR) is 102 cm³/mol. The van der Waals surface area contributed by atoms with Crippen molar-refractivity contribution in [2.45, 2.75) is 11.1 Å². The van der Waals surface area contributed by atoms with Gasteiger partial charge >= 0.3 is 0 Å². The molecule has 2 aliphatic rings. The highest BCUT2D eigenvalue weighted by molar-refractivity contribution is 8.15. The number of carbonyl (C=O) groups is 1. The van der Waals surface area contributed by atoms with Gasteiger partial charge in [0.15, 0.2) is 6.54 Å². The fraction of sp³-hybridized carbons (Fsp3) is 0.556. The standard InChI is InChI=1S/C18H25ClN3O2S/c19-16-13-22(18(25-16)12-15-4-2-1-3-5-15)14-17(24)21-8-6-20(7-9-21)10-11-23/h1-5,16,23H,6-14H2/q+1. The summed E-state index contributed by atoms with van der Waals surface area (Å²) in [5, 5.41) is 10.2.